The van der Waals surface area contributed by atoms with Gasteiger partial charge in [-0.1, -0.05) is 46.4 Å². The molecule has 1 aromatic carbocycles. The number of rotatable bonds is 2. The Morgan fingerprint density at radius 1 is 0.909 bits per heavy atom. The number of imide groups is 1. The van der Waals surface area contributed by atoms with Crippen LogP contribution in [0.25, 0.3) is 0 Å². The second-order valence-corrected chi connectivity index (χ2v) is 5.64. The average molecular weight is 379 g/mol. The molecule has 22 heavy (non-hydrogen) atoms. The van der Waals surface area contributed by atoms with Crippen molar-refractivity contribution in [1.29, 1.82) is 0 Å². The summed E-state index contributed by atoms with van der Waals surface area (Å²) in [5, 5.41) is 5.22. The van der Waals surface area contributed by atoms with Crippen molar-refractivity contribution < 1.29 is 9.59 Å². The molecule has 0 aliphatic rings. The molecule has 9 heteroatoms. The van der Waals surface area contributed by atoms with Gasteiger partial charge in [0.25, 0.3) is 5.91 Å². The fourth-order valence-corrected chi connectivity index (χ4v) is 2.36. The van der Waals surface area contributed by atoms with Gasteiger partial charge in [0.2, 0.25) is 0 Å². The summed E-state index contributed by atoms with van der Waals surface area (Å²) in [6, 6.07) is 3.72. The van der Waals surface area contributed by atoms with Gasteiger partial charge in [-0.3, -0.25) is 15.1 Å². The largest absolute Gasteiger partial charge is 0.326 e. The highest BCUT2D eigenvalue weighted by Crippen LogP contribution is 2.25. The molecule has 0 aliphatic heterocycles. The molecule has 2 rings (SSSR count). The van der Waals surface area contributed by atoms with Gasteiger partial charge in [-0.15, -0.1) is 0 Å². The van der Waals surface area contributed by atoms with Gasteiger partial charge in [0.1, 0.15) is 0 Å². The molecule has 114 valence electrons. The summed E-state index contributed by atoms with van der Waals surface area (Å²) in [6.45, 7) is 0. The lowest BCUT2D eigenvalue weighted by atomic mass is 10.2. The van der Waals surface area contributed by atoms with Crippen LogP contribution in [0, 0.1) is 0 Å². The van der Waals surface area contributed by atoms with E-state index in [1.807, 2.05) is 0 Å². The Labute approximate surface area is 145 Å². The van der Waals surface area contributed by atoms with Crippen molar-refractivity contribution in [2.45, 2.75) is 0 Å². The average Bonchev–Trinajstić information content (AvgIpc) is 2.42. The lowest BCUT2D eigenvalue weighted by molar-refractivity contribution is 0.0967. The number of benzene rings is 1. The summed E-state index contributed by atoms with van der Waals surface area (Å²) >= 11 is 23.3. The molecule has 0 aliphatic carbocycles. The zero-order valence-electron chi connectivity index (χ0n) is 10.7. The van der Waals surface area contributed by atoms with E-state index in [0.29, 0.717) is 10.7 Å². The molecule has 0 radical (unpaired) electrons. The molecule has 0 saturated heterocycles. The predicted molar refractivity (Wildman–Crippen MR) is 87.2 cm³/mol. The number of hydrogen-bond acceptors (Lipinski definition) is 3. The third-order valence-corrected chi connectivity index (χ3v) is 3.80. The normalized spacial score (nSPS) is 10.2. The maximum absolute atomic E-state index is 12.0. The second-order valence-electron chi connectivity index (χ2n) is 4.02. The highest BCUT2D eigenvalue weighted by molar-refractivity contribution is 6.42. The highest BCUT2D eigenvalue weighted by atomic mass is 35.5. The standard InChI is InChI=1S/C13H7Cl4N3O2/c14-7-2-1-6(3-8(7)15)19-13(22)20-12(21)11-9(16)4-18-5-10(11)17/h1-5H,(H2,19,20,21,22). The van der Waals surface area contributed by atoms with Crippen LogP contribution in [-0.2, 0) is 0 Å². The third kappa shape index (κ3) is 4.01. The first kappa shape index (κ1) is 16.8. The van der Waals surface area contributed by atoms with E-state index in [2.05, 4.69) is 15.6 Å². The first-order chi connectivity index (χ1) is 10.4. The van der Waals surface area contributed by atoms with E-state index in [9.17, 15) is 9.59 Å². The summed E-state index contributed by atoms with van der Waals surface area (Å²) in [5.41, 5.74) is 0.328. The molecule has 0 spiro atoms. The number of anilines is 1. The van der Waals surface area contributed by atoms with Crippen LogP contribution in [-0.4, -0.2) is 16.9 Å². The molecule has 0 atom stereocenters. The first-order valence-electron chi connectivity index (χ1n) is 5.75. The van der Waals surface area contributed by atoms with Crippen molar-refractivity contribution in [2.24, 2.45) is 0 Å². The van der Waals surface area contributed by atoms with E-state index >= 15 is 0 Å². The molecular weight excluding hydrogens is 372 g/mol. The second kappa shape index (κ2) is 7.15. The van der Waals surface area contributed by atoms with Crippen LogP contribution in [0.3, 0.4) is 0 Å². The van der Waals surface area contributed by atoms with Crippen molar-refractivity contribution in [3.8, 4) is 0 Å². The van der Waals surface area contributed by atoms with Crippen LogP contribution in [0.4, 0.5) is 10.5 Å². The van der Waals surface area contributed by atoms with Crippen LogP contribution in [0.5, 0.6) is 0 Å². The Morgan fingerprint density at radius 3 is 2.14 bits per heavy atom. The van der Waals surface area contributed by atoms with Gasteiger partial charge in [-0.25, -0.2) is 4.79 Å². The molecular formula is C13H7Cl4N3O2. The molecule has 0 saturated carbocycles. The first-order valence-corrected chi connectivity index (χ1v) is 7.26. The SMILES string of the molecule is O=C(NC(=O)c1c(Cl)cncc1Cl)Nc1ccc(Cl)c(Cl)c1. The number of aromatic nitrogens is 1. The minimum atomic E-state index is -0.771. The maximum atomic E-state index is 12.0. The summed E-state index contributed by atoms with van der Waals surface area (Å²) < 4.78 is 0. The molecule has 0 fully saturated rings. The number of amides is 3. The molecule has 1 heterocycles. The summed E-state index contributed by atoms with van der Waals surface area (Å²) in [6.07, 6.45) is 2.50. The lowest BCUT2D eigenvalue weighted by Gasteiger charge is -2.09. The van der Waals surface area contributed by atoms with Crippen molar-refractivity contribution in [3.05, 3.63) is 56.2 Å². The summed E-state index contributed by atoms with van der Waals surface area (Å²) in [7, 11) is 0. The Balaban J connectivity index is 2.08. The van der Waals surface area contributed by atoms with E-state index in [1.165, 1.54) is 30.6 Å². The number of carbonyl (C=O) groups is 2. The molecule has 0 unspecified atom stereocenters. The van der Waals surface area contributed by atoms with Crippen LogP contribution in [0.1, 0.15) is 10.4 Å². The number of halogens is 4. The molecule has 2 aromatic rings. The number of urea groups is 1. The fraction of sp³-hybridized carbons (Fsp3) is 0. The lowest BCUT2D eigenvalue weighted by Crippen LogP contribution is -2.34. The van der Waals surface area contributed by atoms with Crippen LogP contribution in [0.2, 0.25) is 20.1 Å². The summed E-state index contributed by atoms with van der Waals surface area (Å²) in [5.74, 6) is -0.755. The Hall–Kier alpha value is -1.53. The van der Waals surface area contributed by atoms with Crippen molar-refractivity contribution in [1.82, 2.24) is 10.3 Å². The molecule has 5 nitrogen and oxygen atoms in total. The van der Waals surface area contributed by atoms with Crippen LogP contribution < -0.4 is 10.6 Å². The Kier molecular flexibility index (Phi) is 5.47. The smallest absolute Gasteiger partial charge is 0.308 e. The zero-order chi connectivity index (χ0) is 16.3. The van der Waals surface area contributed by atoms with Gasteiger partial charge in [-0.05, 0) is 18.2 Å². The Bertz CT molecular complexity index is 732. The monoisotopic (exact) mass is 377 g/mol. The molecule has 0 bridgehead atoms. The molecule has 1 aromatic heterocycles. The maximum Gasteiger partial charge on any atom is 0.326 e. The van der Waals surface area contributed by atoms with Crippen molar-refractivity contribution >= 4 is 64.0 Å². The van der Waals surface area contributed by atoms with Crippen molar-refractivity contribution in [2.75, 3.05) is 5.32 Å². The number of hydrogen-bond donors (Lipinski definition) is 2. The molecule has 3 amide bonds. The van der Waals surface area contributed by atoms with Gasteiger partial charge in [0.15, 0.2) is 0 Å². The number of pyridine rings is 1. The van der Waals surface area contributed by atoms with Gasteiger partial charge in [-0.2, -0.15) is 0 Å². The Morgan fingerprint density at radius 2 is 1.55 bits per heavy atom. The van der Waals surface area contributed by atoms with Gasteiger partial charge < -0.3 is 5.32 Å². The minimum absolute atomic E-state index is 0.0346. The van der Waals surface area contributed by atoms with Gasteiger partial charge >= 0.3 is 6.03 Å². The van der Waals surface area contributed by atoms with Crippen molar-refractivity contribution in [3.63, 3.8) is 0 Å². The van der Waals surface area contributed by atoms with Gasteiger partial charge in [0, 0.05) is 18.1 Å². The molecule has 2 N–H and O–H groups in total. The zero-order valence-corrected chi connectivity index (χ0v) is 13.7. The van der Waals surface area contributed by atoms with E-state index in [-0.39, 0.29) is 20.6 Å². The van der Waals surface area contributed by atoms with Crippen LogP contribution >= 0.6 is 46.4 Å². The summed E-state index contributed by atoms with van der Waals surface area (Å²) in [4.78, 5) is 27.5. The van der Waals surface area contributed by atoms with Gasteiger partial charge in [0.05, 0.1) is 25.7 Å². The third-order valence-electron chi connectivity index (χ3n) is 2.49. The number of nitrogens with zero attached hydrogens (tertiary/aromatic N) is 1. The fourth-order valence-electron chi connectivity index (χ4n) is 1.53. The quantitative estimate of drug-likeness (QED) is 0.798. The minimum Gasteiger partial charge on any atom is -0.308 e. The number of nitrogens with one attached hydrogen (secondary N) is 2. The highest BCUT2D eigenvalue weighted by Gasteiger charge is 2.17. The van der Waals surface area contributed by atoms with E-state index in [4.69, 9.17) is 46.4 Å². The van der Waals surface area contributed by atoms with E-state index in [0.717, 1.165) is 0 Å². The predicted octanol–water partition coefficient (Wildman–Crippen LogP) is 4.66. The number of carbonyl (C=O) groups excluding carboxylic acids is 2. The van der Waals surface area contributed by atoms with E-state index in [1.54, 1.807) is 0 Å². The van der Waals surface area contributed by atoms with Crippen LogP contribution in [0.15, 0.2) is 30.6 Å². The topological polar surface area (TPSA) is 71.1 Å². The van der Waals surface area contributed by atoms with E-state index < -0.39 is 11.9 Å².